The summed E-state index contributed by atoms with van der Waals surface area (Å²) in [5.41, 5.74) is 16.5. The van der Waals surface area contributed by atoms with Gasteiger partial charge in [0, 0.05) is 0 Å². The van der Waals surface area contributed by atoms with E-state index in [-0.39, 0.29) is 17.8 Å². The minimum absolute atomic E-state index is 0.0379. The Bertz CT molecular complexity index is 232. The van der Waals surface area contributed by atoms with Crippen LogP contribution < -0.4 is 16.9 Å². The van der Waals surface area contributed by atoms with Crippen LogP contribution in [0.25, 0.3) is 0 Å². The third-order valence-corrected chi connectivity index (χ3v) is 0.770. The number of anilines is 3. The highest BCUT2D eigenvalue weighted by atomic mass is 16.5. The Kier molecular flexibility index (Phi) is 3.93. The molecule has 0 saturated heterocycles. The van der Waals surface area contributed by atoms with Crippen molar-refractivity contribution in [3.63, 3.8) is 0 Å². The van der Waals surface area contributed by atoms with Crippen LogP contribution in [0.1, 0.15) is 0 Å². The van der Waals surface area contributed by atoms with Crippen molar-refractivity contribution in [2.75, 3.05) is 16.9 Å². The summed E-state index contributed by atoms with van der Waals surface area (Å²) in [6, 6.07) is 0. The van der Waals surface area contributed by atoms with E-state index in [0.29, 0.717) is 0 Å². The van der Waals surface area contributed by atoms with Crippen molar-refractivity contribution in [1.82, 2.24) is 15.0 Å². The minimum Gasteiger partial charge on any atom is -0.368 e. The molecule has 0 aliphatic heterocycles. The van der Waals surface area contributed by atoms with Gasteiger partial charge in [-0.05, 0) is 0 Å². The van der Waals surface area contributed by atoms with Crippen LogP contribution in [0, 0.1) is 10.5 Å². The van der Waals surface area contributed by atoms with Gasteiger partial charge in [-0.3, -0.25) is 5.21 Å². The second-order valence-corrected chi connectivity index (χ2v) is 1.49. The van der Waals surface area contributed by atoms with Gasteiger partial charge in [0.05, 0.1) is 0 Å². The van der Waals surface area contributed by atoms with E-state index in [1.165, 1.54) is 0 Å². The molecule has 0 spiro atoms. The lowest BCUT2D eigenvalue weighted by atomic mass is 10.8. The van der Waals surface area contributed by atoms with Crippen molar-refractivity contribution < 1.29 is 5.21 Å². The smallest absolute Gasteiger partial charge is 0.253 e. The predicted molar refractivity (Wildman–Crippen MR) is 40.1 cm³/mol. The molecule has 0 aromatic carbocycles. The molecule has 1 rings (SSSR count). The van der Waals surface area contributed by atoms with Gasteiger partial charge in [0.1, 0.15) is 0 Å². The highest BCUT2D eigenvalue weighted by Gasteiger charge is 1.97. The number of aromatic nitrogens is 3. The lowest BCUT2D eigenvalue weighted by Crippen LogP contribution is -2.06. The molecular weight excluding hydrogens is 166 g/mol. The normalized spacial score (nSPS) is 8.08. The molecule has 0 unspecified atom stereocenters. The Morgan fingerprint density at radius 2 is 1.58 bits per heavy atom. The van der Waals surface area contributed by atoms with Gasteiger partial charge < -0.3 is 11.5 Å². The van der Waals surface area contributed by atoms with E-state index in [4.69, 9.17) is 21.6 Å². The van der Waals surface area contributed by atoms with Crippen molar-refractivity contribution in [2.24, 2.45) is 0 Å². The molecular formula is C3H7N7O2. The van der Waals surface area contributed by atoms with Crippen LogP contribution >= 0.6 is 0 Å². The number of nitrogen functional groups attached to an aromatic ring is 2. The summed E-state index contributed by atoms with van der Waals surface area (Å²) in [5.74, 6) is -0.141. The van der Waals surface area contributed by atoms with Crippen molar-refractivity contribution in [3.05, 3.63) is 4.91 Å². The number of nitrogens with one attached hydrogen (secondary N) is 2. The Morgan fingerprint density at radius 1 is 1.17 bits per heavy atom. The van der Waals surface area contributed by atoms with Crippen LogP contribution in [0.15, 0.2) is 0 Å². The molecule has 12 heavy (non-hydrogen) atoms. The number of nitrogens with two attached hydrogens (primary N) is 2. The highest BCUT2D eigenvalue weighted by Crippen LogP contribution is 2.00. The van der Waals surface area contributed by atoms with Crippen molar-refractivity contribution >= 4 is 17.8 Å². The maximum absolute atomic E-state index is 8.27. The summed E-state index contributed by atoms with van der Waals surface area (Å²) < 4.78 is 0. The Hall–Kier alpha value is -2.03. The maximum Gasteiger partial charge on any atom is 0.253 e. The van der Waals surface area contributed by atoms with Gasteiger partial charge in [0.2, 0.25) is 11.9 Å². The quantitative estimate of drug-likeness (QED) is 0.271. The average molecular weight is 173 g/mol. The Labute approximate surface area is 66.6 Å². The standard InChI is InChI=1S/C3H6N6O.HNO/c4-1-6-2(5)8-3(7-1)9-10;1-2/h10H,(H5,4,5,6,7,8,9);1H. The van der Waals surface area contributed by atoms with Crippen LogP contribution in [0.4, 0.5) is 17.8 Å². The van der Waals surface area contributed by atoms with Crippen molar-refractivity contribution in [2.45, 2.75) is 0 Å². The number of rotatable bonds is 1. The summed E-state index contributed by atoms with van der Waals surface area (Å²) in [6.07, 6.45) is 0. The number of hydrogen-bond donors (Lipinski definition) is 5. The van der Waals surface area contributed by atoms with Crippen molar-refractivity contribution in [1.29, 1.82) is 5.59 Å². The van der Waals surface area contributed by atoms with E-state index in [1.54, 1.807) is 5.48 Å². The summed E-state index contributed by atoms with van der Waals surface area (Å²) >= 11 is 0. The molecule has 0 aliphatic rings. The SMILES string of the molecule is N=O.Nc1nc(N)nc(NO)n1. The summed E-state index contributed by atoms with van der Waals surface area (Å²) in [4.78, 5) is 17.9. The van der Waals surface area contributed by atoms with Gasteiger partial charge in [-0.1, -0.05) is 5.59 Å². The predicted octanol–water partition coefficient (Wildman–Crippen LogP) is -0.831. The second-order valence-electron chi connectivity index (χ2n) is 1.49. The van der Waals surface area contributed by atoms with E-state index in [1.807, 2.05) is 0 Å². The molecule has 7 N–H and O–H groups in total. The highest BCUT2D eigenvalue weighted by molar-refractivity contribution is 5.35. The molecule has 1 aromatic heterocycles. The van der Waals surface area contributed by atoms with E-state index in [2.05, 4.69) is 20.5 Å². The molecule has 1 heterocycles. The molecule has 66 valence electrons. The number of nitroso groups, excluding NO2 is 1. The van der Waals surface area contributed by atoms with Crippen LogP contribution in [0.2, 0.25) is 0 Å². The molecule has 1 aromatic rings. The first kappa shape index (κ1) is 9.97. The first-order valence-electron chi connectivity index (χ1n) is 2.60. The maximum atomic E-state index is 8.27. The largest absolute Gasteiger partial charge is 0.368 e. The molecule has 9 heteroatoms. The fourth-order valence-electron chi connectivity index (χ4n) is 0.459. The summed E-state index contributed by atoms with van der Waals surface area (Å²) in [5, 5.41) is 8.27. The topological polar surface area (TPSA) is 164 Å². The van der Waals surface area contributed by atoms with Gasteiger partial charge in [0.25, 0.3) is 5.95 Å². The van der Waals surface area contributed by atoms with Crippen molar-refractivity contribution in [3.8, 4) is 0 Å². The van der Waals surface area contributed by atoms with E-state index < -0.39 is 0 Å². The fourth-order valence-corrected chi connectivity index (χ4v) is 0.459. The molecule has 0 bridgehead atoms. The van der Waals surface area contributed by atoms with Gasteiger partial charge >= 0.3 is 0 Å². The molecule has 0 aliphatic carbocycles. The first-order valence-corrected chi connectivity index (χ1v) is 2.60. The van der Waals surface area contributed by atoms with Crippen LogP contribution in [-0.4, -0.2) is 20.2 Å². The molecule has 0 atom stereocenters. The monoisotopic (exact) mass is 173 g/mol. The van der Waals surface area contributed by atoms with Crippen LogP contribution in [-0.2, 0) is 0 Å². The molecule has 9 nitrogen and oxygen atoms in total. The molecule has 0 amide bonds. The number of nitrogens with zero attached hydrogens (tertiary/aromatic N) is 3. The van der Waals surface area contributed by atoms with E-state index in [9.17, 15) is 0 Å². The number of hydrogen-bond acceptors (Lipinski definition) is 9. The zero-order chi connectivity index (χ0) is 9.56. The molecule has 0 fully saturated rings. The molecule has 0 saturated carbocycles. The van der Waals surface area contributed by atoms with Gasteiger partial charge in [-0.25, -0.2) is 5.48 Å². The van der Waals surface area contributed by atoms with Crippen LogP contribution in [0.5, 0.6) is 0 Å². The Balaban J connectivity index is 0.000000561. The zero-order valence-electron chi connectivity index (χ0n) is 5.85. The third kappa shape index (κ3) is 2.70. The van der Waals surface area contributed by atoms with Gasteiger partial charge in [-0.15, -0.1) is 0 Å². The van der Waals surface area contributed by atoms with Crippen LogP contribution in [0.3, 0.4) is 0 Å². The zero-order valence-corrected chi connectivity index (χ0v) is 5.85. The minimum atomic E-state index is -0.0648. The average Bonchev–Trinajstić information content (AvgIpc) is 2.06. The first-order chi connectivity index (χ1) is 5.72. The van der Waals surface area contributed by atoms with E-state index in [0.717, 1.165) is 0 Å². The van der Waals surface area contributed by atoms with E-state index >= 15 is 0 Å². The lowest BCUT2D eigenvalue weighted by Gasteiger charge is -1.97. The summed E-state index contributed by atoms with van der Waals surface area (Å²) in [6.45, 7) is 0. The van der Waals surface area contributed by atoms with Gasteiger partial charge in [-0.2, -0.15) is 19.9 Å². The third-order valence-electron chi connectivity index (χ3n) is 0.770. The second kappa shape index (κ2) is 4.73. The Morgan fingerprint density at radius 3 is 1.92 bits per heavy atom. The lowest BCUT2D eigenvalue weighted by molar-refractivity contribution is 0.382. The fraction of sp³-hybridized carbons (Fsp3) is 0. The van der Waals surface area contributed by atoms with Gasteiger partial charge in [0.15, 0.2) is 0 Å². The summed E-state index contributed by atoms with van der Waals surface area (Å²) in [7, 11) is 0. The molecule has 0 radical (unpaired) electrons.